The third-order valence-electron chi connectivity index (χ3n) is 6.12. The van der Waals surface area contributed by atoms with Gasteiger partial charge < -0.3 is 19.3 Å². The van der Waals surface area contributed by atoms with Gasteiger partial charge in [-0.05, 0) is 12.8 Å². The van der Waals surface area contributed by atoms with E-state index in [4.69, 9.17) is 19.8 Å². The maximum absolute atomic E-state index is 12.8. The standard InChI is InChI=1S/2C10H15FN4O3S/c2*1-18-8-2-9(19(12,16)17)6-15(5-8)10-13-3-7(11)4-14-10/h2*3-4,8-9H,2,5-6H2,1H3,(H2,12,16,17)/t2*8-,9+/m10/s1. The highest BCUT2D eigenvalue weighted by Gasteiger charge is 2.36. The van der Waals surface area contributed by atoms with Gasteiger partial charge in [0.15, 0.2) is 11.6 Å². The number of anilines is 2. The fourth-order valence-corrected chi connectivity index (χ4v) is 5.84. The Balaban J connectivity index is 0.000000211. The van der Waals surface area contributed by atoms with E-state index in [1.807, 2.05) is 0 Å². The average molecular weight is 581 g/mol. The molecule has 2 saturated heterocycles. The van der Waals surface area contributed by atoms with Crippen LogP contribution in [0.15, 0.2) is 24.8 Å². The molecule has 4 N–H and O–H groups in total. The Morgan fingerprint density at radius 2 is 1.03 bits per heavy atom. The van der Waals surface area contributed by atoms with Crippen molar-refractivity contribution in [2.24, 2.45) is 10.3 Å². The number of methoxy groups -OCH3 is 2. The highest BCUT2D eigenvalue weighted by Crippen LogP contribution is 2.22. The molecule has 14 nitrogen and oxygen atoms in total. The molecule has 18 heteroatoms. The second kappa shape index (κ2) is 12.5. The van der Waals surface area contributed by atoms with Crippen molar-refractivity contribution in [3.63, 3.8) is 0 Å². The molecule has 0 amide bonds. The van der Waals surface area contributed by atoms with Crippen LogP contribution in [0.4, 0.5) is 20.7 Å². The highest BCUT2D eigenvalue weighted by atomic mass is 32.2. The average Bonchev–Trinajstić information content (AvgIpc) is 2.88. The van der Waals surface area contributed by atoms with Gasteiger partial charge in [0.25, 0.3) is 0 Å². The molecular formula is C20H30F2N8O6S2. The van der Waals surface area contributed by atoms with E-state index in [1.165, 1.54) is 14.2 Å². The normalized spacial score (nSPS) is 24.5. The number of hydrogen-bond donors (Lipinski definition) is 2. The van der Waals surface area contributed by atoms with Gasteiger partial charge in [-0.25, -0.2) is 55.8 Å². The number of nitrogens with zero attached hydrogens (tertiary/aromatic N) is 6. The van der Waals surface area contributed by atoms with Crippen molar-refractivity contribution in [1.82, 2.24) is 19.9 Å². The SMILES string of the molecule is CO[C@@H]1C[C@H](S(N)(=O)=O)CN(c2ncc(F)cn2)C1.CO[C@H]1C[C@@H](S(N)(=O)=O)CN(c2ncc(F)cn2)C1. The van der Waals surface area contributed by atoms with E-state index in [2.05, 4.69) is 19.9 Å². The molecule has 38 heavy (non-hydrogen) atoms. The summed E-state index contributed by atoms with van der Waals surface area (Å²) in [6, 6.07) is 0. The van der Waals surface area contributed by atoms with Gasteiger partial charge in [-0.15, -0.1) is 0 Å². The number of rotatable bonds is 6. The van der Waals surface area contributed by atoms with Crippen LogP contribution in [0.1, 0.15) is 12.8 Å². The monoisotopic (exact) mass is 580 g/mol. The molecule has 2 fully saturated rings. The number of hydrogen-bond acceptors (Lipinski definition) is 12. The maximum atomic E-state index is 12.8. The van der Waals surface area contributed by atoms with Crippen molar-refractivity contribution in [2.75, 3.05) is 50.2 Å². The van der Waals surface area contributed by atoms with Crippen molar-refractivity contribution in [1.29, 1.82) is 0 Å². The summed E-state index contributed by atoms with van der Waals surface area (Å²) < 4.78 is 81.9. The van der Waals surface area contributed by atoms with Crippen molar-refractivity contribution in [3.8, 4) is 0 Å². The van der Waals surface area contributed by atoms with Crippen molar-refractivity contribution in [2.45, 2.75) is 35.5 Å². The largest absolute Gasteiger partial charge is 0.380 e. The first-order valence-electron chi connectivity index (χ1n) is 11.3. The van der Waals surface area contributed by atoms with Gasteiger partial charge in [0.05, 0.1) is 47.5 Å². The Bertz CT molecular complexity index is 1170. The molecule has 4 rings (SSSR count). The quantitative estimate of drug-likeness (QED) is 0.423. The van der Waals surface area contributed by atoms with Crippen LogP contribution in [0.25, 0.3) is 0 Å². The summed E-state index contributed by atoms with van der Waals surface area (Å²) in [6.07, 6.45) is 4.21. The van der Waals surface area contributed by atoms with Crippen molar-refractivity contribution >= 4 is 31.9 Å². The first-order chi connectivity index (χ1) is 17.8. The zero-order valence-corrected chi connectivity index (χ0v) is 22.4. The first kappa shape index (κ1) is 29.9. The maximum Gasteiger partial charge on any atom is 0.225 e. The van der Waals surface area contributed by atoms with E-state index in [0.29, 0.717) is 25.9 Å². The second-order valence-electron chi connectivity index (χ2n) is 8.82. The Labute approximate surface area is 219 Å². The minimum absolute atomic E-state index is 0.171. The van der Waals surface area contributed by atoms with Crippen LogP contribution < -0.4 is 20.1 Å². The first-order valence-corrected chi connectivity index (χ1v) is 14.6. The van der Waals surface area contributed by atoms with Crippen LogP contribution in [0, 0.1) is 11.6 Å². The lowest BCUT2D eigenvalue weighted by atomic mass is 10.1. The summed E-state index contributed by atoms with van der Waals surface area (Å²) in [5.41, 5.74) is 0. The van der Waals surface area contributed by atoms with Crippen LogP contribution in [0.3, 0.4) is 0 Å². The molecule has 2 aromatic rings. The highest BCUT2D eigenvalue weighted by molar-refractivity contribution is 7.90. The topological polar surface area (TPSA) is 197 Å². The van der Waals surface area contributed by atoms with Gasteiger partial charge in [-0.2, -0.15) is 0 Å². The van der Waals surface area contributed by atoms with Gasteiger partial charge in [0, 0.05) is 40.4 Å². The van der Waals surface area contributed by atoms with Crippen LogP contribution in [0.5, 0.6) is 0 Å². The molecule has 0 aliphatic carbocycles. The third kappa shape index (κ3) is 8.18. The Hall–Kier alpha value is -2.64. The Kier molecular flexibility index (Phi) is 9.82. The summed E-state index contributed by atoms with van der Waals surface area (Å²) in [6.45, 7) is 1.22. The lowest BCUT2D eigenvalue weighted by Crippen LogP contribution is -2.51. The van der Waals surface area contributed by atoms with Crippen LogP contribution in [-0.4, -0.2) is 99.9 Å². The molecule has 2 aromatic heterocycles. The molecule has 2 aliphatic heterocycles. The predicted molar refractivity (Wildman–Crippen MR) is 133 cm³/mol. The van der Waals surface area contributed by atoms with Crippen molar-refractivity contribution < 1.29 is 35.1 Å². The van der Waals surface area contributed by atoms with Gasteiger partial charge in [0.2, 0.25) is 31.9 Å². The molecule has 4 heterocycles. The minimum Gasteiger partial charge on any atom is -0.380 e. The third-order valence-corrected chi connectivity index (χ3v) is 8.66. The Morgan fingerprint density at radius 1 is 0.711 bits per heavy atom. The summed E-state index contributed by atoms with van der Waals surface area (Å²) in [5.74, 6) is -0.576. The number of nitrogens with two attached hydrogens (primary N) is 2. The fourth-order valence-electron chi connectivity index (χ4n) is 4.10. The number of sulfonamides is 2. The van der Waals surface area contributed by atoms with E-state index in [9.17, 15) is 25.6 Å². The lowest BCUT2D eigenvalue weighted by molar-refractivity contribution is 0.0897. The van der Waals surface area contributed by atoms with Gasteiger partial charge in [0.1, 0.15) is 0 Å². The molecule has 4 atom stereocenters. The van der Waals surface area contributed by atoms with Gasteiger partial charge >= 0.3 is 0 Å². The van der Waals surface area contributed by atoms with Gasteiger partial charge in [-0.3, -0.25) is 0 Å². The smallest absolute Gasteiger partial charge is 0.225 e. The van der Waals surface area contributed by atoms with E-state index < -0.39 is 42.2 Å². The number of ether oxygens (including phenoxy) is 2. The number of aromatic nitrogens is 4. The molecule has 212 valence electrons. The van der Waals surface area contributed by atoms with E-state index in [1.54, 1.807) is 9.80 Å². The molecule has 0 saturated carbocycles. The van der Waals surface area contributed by atoms with E-state index in [-0.39, 0.29) is 37.2 Å². The Morgan fingerprint density at radius 3 is 1.29 bits per heavy atom. The van der Waals surface area contributed by atoms with Crippen molar-refractivity contribution in [3.05, 3.63) is 36.4 Å². The fraction of sp³-hybridized carbons (Fsp3) is 0.600. The summed E-state index contributed by atoms with van der Waals surface area (Å²) in [4.78, 5) is 18.6. The summed E-state index contributed by atoms with van der Waals surface area (Å²) in [5, 5.41) is 8.86. The zero-order valence-electron chi connectivity index (χ0n) is 20.7. The predicted octanol–water partition coefficient (Wildman–Crippen LogP) is -1.00. The summed E-state index contributed by atoms with van der Waals surface area (Å²) >= 11 is 0. The van der Waals surface area contributed by atoms with Crippen LogP contribution in [0.2, 0.25) is 0 Å². The van der Waals surface area contributed by atoms with Crippen LogP contribution >= 0.6 is 0 Å². The number of halogens is 2. The van der Waals surface area contributed by atoms with E-state index >= 15 is 0 Å². The van der Waals surface area contributed by atoms with Gasteiger partial charge in [-0.1, -0.05) is 0 Å². The number of piperidine rings is 2. The second-order valence-corrected chi connectivity index (χ2v) is 12.5. The molecule has 0 radical (unpaired) electrons. The molecule has 0 unspecified atom stereocenters. The lowest BCUT2D eigenvalue weighted by Gasteiger charge is -2.35. The molecule has 0 spiro atoms. The number of primary sulfonamides is 2. The molecule has 0 bridgehead atoms. The molecule has 2 aliphatic rings. The summed E-state index contributed by atoms with van der Waals surface area (Å²) in [7, 11) is -4.34. The zero-order chi connectivity index (χ0) is 28.1. The minimum atomic E-state index is -3.67. The van der Waals surface area contributed by atoms with Crippen LogP contribution in [-0.2, 0) is 29.5 Å². The van der Waals surface area contributed by atoms with E-state index in [0.717, 1.165) is 24.8 Å². The molecule has 0 aromatic carbocycles. The molecular weight excluding hydrogens is 550 g/mol.